The molecular weight excluding hydrogens is 194 g/mol. The van der Waals surface area contributed by atoms with Gasteiger partial charge in [0.15, 0.2) is 0 Å². The predicted octanol–water partition coefficient (Wildman–Crippen LogP) is 2.66. The van der Waals surface area contributed by atoms with E-state index in [1.165, 1.54) is 25.1 Å². The van der Waals surface area contributed by atoms with Crippen molar-refractivity contribution in [3.63, 3.8) is 0 Å². The molecule has 2 heteroatoms. The van der Waals surface area contributed by atoms with Crippen LogP contribution in [0.25, 0.3) is 0 Å². The van der Waals surface area contributed by atoms with Gasteiger partial charge in [0, 0.05) is 5.02 Å². The Kier molecular flexibility index (Phi) is 2.03. The standard InChI is InChI=1S/C12H14ClN/c13-10-3-1-2-8(4-10)11-5-9-6-14-7-12(9)11/h1-4,9,11-12,14H,5-7H2/t9-,11+,12-/m1/s1. The molecule has 14 heavy (non-hydrogen) atoms. The third-order valence-corrected chi connectivity index (χ3v) is 3.98. The normalized spacial score (nSPS) is 35.1. The van der Waals surface area contributed by atoms with E-state index in [9.17, 15) is 0 Å². The van der Waals surface area contributed by atoms with Crippen LogP contribution in [0.3, 0.4) is 0 Å². The summed E-state index contributed by atoms with van der Waals surface area (Å²) in [5.74, 6) is 2.56. The Bertz CT molecular complexity index is 350. The molecule has 3 atom stereocenters. The van der Waals surface area contributed by atoms with Crippen LogP contribution in [-0.2, 0) is 0 Å². The van der Waals surface area contributed by atoms with Crippen LogP contribution < -0.4 is 5.32 Å². The van der Waals surface area contributed by atoms with Crippen LogP contribution in [0.4, 0.5) is 0 Å². The molecule has 0 bridgehead atoms. The van der Waals surface area contributed by atoms with Crippen LogP contribution in [0, 0.1) is 11.8 Å². The lowest BCUT2D eigenvalue weighted by Crippen LogP contribution is -2.33. The number of nitrogens with one attached hydrogen (secondary N) is 1. The molecule has 2 aliphatic rings. The first-order chi connectivity index (χ1) is 6.84. The molecular formula is C12H14ClN. The van der Waals surface area contributed by atoms with Gasteiger partial charge in [0.1, 0.15) is 0 Å². The van der Waals surface area contributed by atoms with Gasteiger partial charge in [-0.05, 0) is 55.0 Å². The Morgan fingerprint density at radius 3 is 3.00 bits per heavy atom. The van der Waals surface area contributed by atoms with E-state index in [1.807, 2.05) is 6.07 Å². The van der Waals surface area contributed by atoms with Gasteiger partial charge < -0.3 is 5.32 Å². The van der Waals surface area contributed by atoms with Gasteiger partial charge in [0.05, 0.1) is 0 Å². The minimum Gasteiger partial charge on any atom is -0.316 e. The third kappa shape index (κ3) is 1.27. The lowest BCUT2D eigenvalue weighted by Gasteiger charge is -2.40. The van der Waals surface area contributed by atoms with Crippen LogP contribution in [-0.4, -0.2) is 13.1 Å². The van der Waals surface area contributed by atoms with Gasteiger partial charge in [-0.25, -0.2) is 0 Å². The molecule has 74 valence electrons. The first kappa shape index (κ1) is 8.75. The molecule has 1 aliphatic carbocycles. The summed E-state index contributed by atoms with van der Waals surface area (Å²) >= 11 is 6.00. The number of fused-ring (bicyclic) bond motifs is 1. The summed E-state index contributed by atoms with van der Waals surface area (Å²) in [6.07, 6.45) is 1.35. The molecule has 1 aromatic carbocycles. The van der Waals surface area contributed by atoms with Gasteiger partial charge in [-0.1, -0.05) is 23.7 Å². The van der Waals surface area contributed by atoms with Crippen molar-refractivity contribution in [1.29, 1.82) is 0 Å². The van der Waals surface area contributed by atoms with E-state index in [-0.39, 0.29) is 0 Å². The second-order valence-electron chi connectivity index (χ2n) is 4.48. The molecule has 1 aromatic rings. The summed E-state index contributed by atoms with van der Waals surface area (Å²) in [5.41, 5.74) is 1.43. The van der Waals surface area contributed by atoms with Gasteiger partial charge in [0.2, 0.25) is 0 Å². The Balaban J connectivity index is 1.83. The van der Waals surface area contributed by atoms with E-state index in [1.54, 1.807) is 0 Å². The molecule has 1 N–H and O–H groups in total. The van der Waals surface area contributed by atoms with E-state index < -0.39 is 0 Å². The minimum atomic E-state index is 0.758. The molecule has 0 spiro atoms. The maximum atomic E-state index is 6.00. The number of halogens is 1. The fraction of sp³-hybridized carbons (Fsp3) is 0.500. The smallest absolute Gasteiger partial charge is 0.0408 e. The second kappa shape index (κ2) is 3.25. The second-order valence-corrected chi connectivity index (χ2v) is 4.92. The number of benzene rings is 1. The molecule has 0 amide bonds. The van der Waals surface area contributed by atoms with Gasteiger partial charge in [0.25, 0.3) is 0 Å². The lowest BCUT2D eigenvalue weighted by atomic mass is 9.64. The molecule has 2 fully saturated rings. The van der Waals surface area contributed by atoms with Crippen molar-refractivity contribution in [3.05, 3.63) is 34.9 Å². The van der Waals surface area contributed by atoms with Crippen molar-refractivity contribution in [2.24, 2.45) is 11.8 Å². The number of hydrogen-bond acceptors (Lipinski definition) is 1. The van der Waals surface area contributed by atoms with E-state index >= 15 is 0 Å². The molecule has 0 radical (unpaired) electrons. The first-order valence-electron chi connectivity index (χ1n) is 5.31. The lowest BCUT2D eigenvalue weighted by molar-refractivity contribution is 0.191. The van der Waals surface area contributed by atoms with E-state index in [0.29, 0.717) is 0 Å². The topological polar surface area (TPSA) is 12.0 Å². The van der Waals surface area contributed by atoms with Crippen LogP contribution in [0.2, 0.25) is 5.02 Å². The average Bonchev–Trinajstić information content (AvgIpc) is 2.48. The summed E-state index contributed by atoms with van der Waals surface area (Å²) in [6, 6.07) is 8.35. The highest BCUT2D eigenvalue weighted by Crippen LogP contribution is 2.49. The van der Waals surface area contributed by atoms with Gasteiger partial charge in [-0.2, -0.15) is 0 Å². The van der Waals surface area contributed by atoms with Crippen LogP contribution in [0.15, 0.2) is 24.3 Å². The molecule has 1 saturated heterocycles. The van der Waals surface area contributed by atoms with Crippen molar-refractivity contribution >= 4 is 11.6 Å². The fourth-order valence-electron chi connectivity index (χ4n) is 2.91. The zero-order valence-electron chi connectivity index (χ0n) is 8.04. The highest BCUT2D eigenvalue weighted by Gasteiger charge is 2.44. The Labute approximate surface area is 89.5 Å². The van der Waals surface area contributed by atoms with Crippen molar-refractivity contribution < 1.29 is 0 Å². The molecule has 3 rings (SSSR count). The summed E-state index contributed by atoms with van der Waals surface area (Å²) in [4.78, 5) is 0. The van der Waals surface area contributed by atoms with Gasteiger partial charge >= 0.3 is 0 Å². The van der Waals surface area contributed by atoms with Crippen molar-refractivity contribution in [3.8, 4) is 0 Å². The SMILES string of the molecule is Clc1cccc([C@@H]2C[C@@H]3CNC[C@H]32)c1. The van der Waals surface area contributed by atoms with Crippen LogP contribution in [0.5, 0.6) is 0 Å². The number of rotatable bonds is 1. The molecule has 0 unspecified atom stereocenters. The van der Waals surface area contributed by atoms with Gasteiger partial charge in [-0.3, -0.25) is 0 Å². The van der Waals surface area contributed by atoms with E-state index in [4.69, 9.17) is 11.6 Å². The predicted molar refractivity (Wildman–Crippen MR) is 58.7 cm³/mol. The molecule has 1 aliphatic heterocycles. The van der Waals surface area contributed by atoms with E-state index in [0.717, 1.165) is 22.8 Å². The largest absolute Gasteiger partial charge is 0.316 e. The zero-order valence-corrected chi connectivity index (χ0v) is 8.80. The Morgan fingerprint density at radius 2 is 2.21 bits per heavy atom. The maximum absolute atomic E-state index is 6.00. The number of hydrogen-bond donors (Lipinski definition) is 1. The maximum Gasteiger partial charge on any atom is 0.0408 e. The third-order valence-electron chi connectivity index (χ3n) is 3.74. The fourth-order valence-corrected chi connectivity index (χ4v) is 3.11. The minimum absolute atomic E-state index is 0.758. The van der Waals surface area contributed by atoms with E-state index in [2.05, 4.69) is 23.5 Å². The molecule has 1 saturated carbocycles. The molecule has 1 nitrogen and oxygen atoms in total. The molecule has 0 aromatic heterocycles. The summed E-state index contributed by atoms with van der Waals surface area (Å²) in [6.45, 7) is 2.42. The van der Waals surface area contributed by atoms with Crippen LogP contribution in [0.1, 0.15) is 17.9 Å². The Hall–Kier alpha value is -0.530. The van der Waals surface area contributed by atoms with Gasteiger partial charge in [-0.15, -0.1) is 0 Å². The molecule has 1 heterocycles. The summed E-state index contributed by atoms with van der Waals surface area (Å²) in [5, 5.41) is 4.34. The Morgan fingerprint density at radius 1 is 1.29 bits per heavy atom. The van der Waals surface area contributed by atoms with Crippen molar-refractivity contribution in [1.82, 2.24) is 5.32 Å². The summed E-state index contributed by atoms with van der Waals surface area (Å²) < 4.78 is 0. The highest BCUT2D eigenvalue weighted by molar-refractivity contribution is 6.30. The monoisotopic (exact) mass is 207 g/mol. The zero-order chi connectivity index (χ0) is 9.54. The van der Waals surface area contributed by atoms with Crippen molar-refractivity contribution in [2.45, 2.75) is 12.3 Å². The first-order valence-corrected chi connectivity index (χ1v) is 5.68. The van der Waals surface area contributed by atoms with Crippen LogP contribution >= 0.6 is 11.6 Å². The summed E-state index contributed by atoms with van der Waals surface area (Å²) in [7, 11) is 0. The highest BCUT2D eigenvalue weighted by atomic mass is 35.5. The van der Waals surface area contributed by atoms with Crippen molar-refractivity contribution in [2.75, 3.05) is 13.1 Å². The average molecular weight is 208 g/mol. The quantitative estimate of drug-likeness (QED) is 0.747.